The maximum Gasteiger partial charge on any atom is 0.261 e. The fraction of sp³-hybridized carbons (Fsp3) is 0.415. The van der Waals surface area contributed by atoms with Crippen LogP contribution in [-0.2, 0) is 13.1 Å². The van der Waals surface area contributed by atoms with E-state index in [4.69, 9.17) is 0 Å². The second-order valence-corrected chi connectivity index (χ2v) is 15.7. The standard InChI is InChI=1S/C41H44N8O4/c1-42-9-13-44(14-10-42)17-19-48-38(50)30-7-3-5-28-34(30)32(40(48)52)21-26-23-46-25-47(36(26)28)24-27-22-33-35-29(37(27)46)6-4-8-31(35)39(51)49(41(33)53)20-18-45-15-11-43(2)12-16-45/h3-8,21-22H,9-20,23-25H2,1-2H3. The molecule has 2 saturated heterocycles. The molecule has 0 atom stereocenters. The number of hydrogen-bond acceptors (Lipinski definition) is 10. The molecular weight excluding hydrogens is 669 g/mol. The van der Waals surface area contributed by atoms with Gasteiger partial charge >= 0.3 is 0 Å². The van der Waals surface area contributed by atoms with Crippen molar-refractivity contribution in [2.75, 3.05) is 109 Å². The third-order valence-electron chi connectivity index (χ3n) is 12.5. The molecule has 272 valence electrons. The van der Waals surface area contributed by atoms with Gasteiger partial charge in [-0.3, -0.25) is 38.8 Å². The number of piperazine rings is 2. The van der Waals surface area contributed by atoms with Crippen LogP contribution in [0.5, 0.6) is 0 Å². The van der Waals surface area contributed by atoms with E-state index >= 15 is 0 Å². The second kappa shape index (κ2) is 12.3. The summed E-state index contributed by atoms with van der Waals surface area (Å²) < 4.78 is 0. The number of hydrogen-bond donors (Lipinski definition) is 0. The largest absolute Gasteiger partial charge is 0.349 e. The zero-order valence-electron chi connectivity index (χ0n) is 30.4. The van der Waals surface area contributed by atoms with E-state index in [0.29, 0.717) is 68.2 Å². The maximum absolute atomic E-state index is 14.2. The van der Waals surface area contributed by atoms with Gasteiger partial charge in [0.05, 0.1) is 18.0 Å². The molecule has 0 unspecified atom stereocenters. The van der Waals surface area contributed by atoms with Gasteiger partial charge in [-0.1, -0.05) is 24.3 Å². The Morgan fingerprint density at radius 1 is 0.491 bits per heavy atom. The first kappa shape index (κ1) is 32.7. The lowest BCUT2D eigenvalue weighted by atomic mass is 9.86. The van der Waals surface area contributed by atoms with Crippen molar-refractivity contribution in [1.29, 1.82) is 0 Å². The van der Waals surface area contributed by atoms with Crippen LogP contribution in [0.15, 0.2) is 48.5 Å². The van der Waals surface area contributed by atoms with E-state index in [1.54, 1.807) is 0 Å². The van der Waals surface area contributed by atoms with Gasteiger partial charge in [0.2, 0.25) is 0 Å². The zero-order valence-corrected chi connectivity index (χ0v) is 30.4. The van der Waals surface area contributed by atoms with Gasteiger partial charge in [-0.05, 0) is 49.5 Å². The van der Waals surface area contributed by atoms with Crippen molar-refractivity contribution in [2.45, 2.75) is 13.1 Å². The lowest BCUT2D eigenvalue weighted by molar-refractivity contribution is 0.0563. The van der Waals surface area contributed by atoms with Crippen molar-refractivity contribution in [3.8, 4) is 0 Å². The van der Waals surface area contributed by atoms with Crippen molar-refractivity contribution in [1.82, 2.24) is 29.4 Å². The van der Waals surface area contributed by atoms with E-state index in [0.717, 1.165) is 96.4 Å². The van der Waals surface area contributed by atoms with Crippen LogP contribution in [0.3, 0.4) is 0 Å². The van der Waals surface area contributed by atoms with Crippen LogP contribution in [0.25, 0.3) is 21.5 Å². The highest BCUT2D eigenvalue weighted by molar-refractivity contribution is 6.28. The minimum absolute atomic E-state index is 0.227. The van der Waals surface area contributed by atoms with Gasteiger partial charge in [0.15, 0.2) is 0 Å². The third-order valence-corrected chi connectivity index (χ3v) is 12.5. The lowest BCUT2D eigenvalue weighted by Crippen LogP contribution is -2.50. The molecular formula is C41H44N8O4. The van der Waals surface area contributed by atoms with E-state index in [9.17, 15) is 19.2 Å². The number of fused-ring (bicyclic) bond motifs is 8. The Kier molecular flexibility index (Phi) is 7.62. The number of carbonyl (C=O) groups is 4. The predicted molar refractivity (Wildman–Crippen MR) is 204 cm³/mol. The van der Waals surface area contributed by atoms with Crippen molar-refractivity contribution in [3.05, 3.63) is 81.9 Å². The number of benzene rings is 4. The molecule has 4 aromatic rings. The first-order chi connectivity index (χ1) is 25.7. The molecule has 0 aliphatic carbocycles. The van der Waals surface area contributed by atoms with Gasteiger partial charge in [0.25, 0.3) is 23.6 Å². The SMILES string of the molecule is CN1CCN(CCN2C(=O)c3cccc4c5c(cc(c34)C2=O)CN2CN5Cc3cc4c5c(cccc5c32)C(=O)N(CCN2CCN(C)CC2)C4=O)CC1. The van der Waals surface area contributed by atoms with E-state index < -0.39 is 0 Å². The first-order valence-electron chi connectivity index (χ1n) is 19.0. The minimum atomic E-state index is -0.229. The molecule has 0 N–H and O–H groups in total. The topological polar surface area (TPSA) is 94.2 Å². The van der Waals surface area contributed by atoms with Crippen molar-refractivity contribution < 1.29 is 19.2 Å². The molecule has 0 aromatic heterocycles. The second-order valence-electron chi connectivity index (χ2n) is 15.7. The molecule has 6 aliphatic rings. The average Bonchev–Trinajstić information content (AvgIpc) is 3.16. The Morgan fingerprint density at radius 2 is 0.887 bits per heavy atom. The number of imide groups is 2. The Balaban J connectivity index is 0.989. The molecule has 0 radical (unpaired) electrons. The normalized spacial score (nSPS) is 20.9. The van der Waals surface area contributed by atoms with Gasteiger partial charge in [-0.25, -0.2) is 0 Å². The highest BCUT2D eigenvalue weighted by atomic mass is 16.2. The van der Waals surface area contributed by atoms with Gasteiger partial charge in [0, 0.05) is 135 Å². The van der Waals surface area contributed by atoms with Crippen molar-refractivity contribution in [2.24, 2.45) is 0 Å². The van der Waals surface area contributed by atoms with E-state index in [1.165, 1.54) is 9.80 Å². The summed E-state index contributed by atoms with van der Waals surface area (Å²) in [7, 11) is 4.24. The molecule has 2 fully saturated rings. The molecule has 10 rings (SSSR count). The smallest absolute Gasteiger partial charge is 0.261 e. The molecule has 53 heavy (non-hydrogen) atoms. The molecule has 4 amide bonds. The monoisotopic (exact) mass is 712 g/mol. The molecule has 6 aliphatic heterocycles. The van der Waals surface area contributed by atoms with Crippen LogP contribution >= 0.6 is 0 Å². The summed E-state index contributed by atoms with van der Waals surface area (Å²) >= 11 is 0. The van der Waals surface area contributed by atoms with E-state index in [2.05, 4.69) is 43.5 Å². The molecule has 4 aromatic carbocycles. The van der Waals surface area contributed by atoms with Crippen LogP contribution < -0.4 is 9.80 Å². The van der Waals surface area contributed by atoms with Crippen molar-refractivity contribution >= 4 is 56.5 Å². The summed E-state index contributed by atoms with van der Waals surface area (Å²) in [5.74, 6) is -0.911. The summed E-state index contributed by atoms with van der Waals surface area (Å²) in [6.45, 7) is 11.4. The fourth-order valence-corrected chi connectivity index (χ4v) is 9.55. The van der Waals surface area contributed by atoms with E-state index in [-0.39, 0.29) is 23.6 Å². The number of nitrogens with zero attached hydrogens (tertiary/aromatic N) is 8. The third kappa shape index (κ3) is 5.10. The number of amides is 4. The minimum Gasteiger partial charge on any atom is -0.349 e. The lowest BCUT2D eigenvalue weighted by Gasteiger charge is -2.46. The van der Waals surface area contributed by atoms with Crippen LogP contribution in [0.1, 0.15) is 52.6 Å². The van der Waals surface area contributed by atoms with Gasteiger partial charge in [-0.2, -0.15) is 0 Å². The van der Waals surface area contributed by atoms with Crippen LogP contribution in [0, 0.1) is 0 Å². The maximum atomic E-state index is 14.2. The highest BCUT2D eigenvalue weighted by Gasteiger charge is 2.41. The number of carbonyl (C=O) groups excluding carboxylic acids is 4. The Morgan fingerprint density at radius 3 is 1.30 bits per heavy atom. The van der Waals surface area contributed by atoms with Gasteiger partial charge < -0.3 is 19.6 Å². The van der Waals surface area contributed by atoms with Crippen LogP contribution in [0.2, 0.25) is 0 Å². The summed E-state index contributed by atoms with van der Waals surface area (Å²) in [4.78, 5) is 73.0. The van der Waals surface area contributed by atoms with E-state index in [1.807, 2.05) is 48.5 Å². The Labute approximate surface area is 308 Å². The molecule has 0 spiro atoms. The summed E-state index contributed by atoms with van der Waals surface area (Å²) in [5, 5.41) is 3.30. The number of anilines is 2. The average molecular weight is 713 g/mol. The molecule has 12 heteroatoms. The predicted octanol–water partition coefficient (Wildman–Crippen LogP) is 2.98. The van der Waals surface area contributed by atoms with Gasteiger partial charge in [-0.15, -0.1) is 0 Å². The molecule has 0 saturated carbocycles. The van der Waals surface area contributed by atoms with Gasteiger partial charge in [0.1, 0.15) is 0 Å². The molecule has 12 nitrogen and oxygen atoms in total. The quantitative estimate of drug-likeness (QED) is 0.278. The number of likely N-dealkylation sites (N-methyl/N-ethyl adjacent to an activating group) is 2. The molecule has 2 bridgehead atoms. The summed E-state index contributed by atoms with van der Waals surface area (Å²) in [5.41, 5.74) is 6.46. The Hall–Kier alpha value is -4.88. The summed E-state index contributed by atoms with van der Waals surface area (Å²) in [6, 6.07) is 15.7. The van der Waals surface area contributed by atoms with Crippen molar-refractivity contribution in [3.63, 3.8) is 0 Å². The summed E-state index contributed by atoms with van der Waals surface area (Å²) in [6.07, 6.45) is 0. The highest BCUT2D eigenvalue weighted by Crippen LogP contribution is 2.48. The Bertz CT molecular complexity index is 2100. The zero-order chi connectivity index (χ0) is 36.1. The van der Waals surface area contributed by atoms with Crippen LogP contribution in [0.4, 0.5) is 11.4 Å². The number of rotatable bonds is 6. The first-order valence-corrected chi connectivity index (χ1v) is 19.0. The fourth-order valence-electron chi connectivity index (χ4n) is 9.55. The van der Waals surface area contributed by atoms with Crippen LogP contribution in [-0.4, -0.2) is 152 Å². The molecule has 6 heterocycles.